The predicted molar refractivity (Wildman–Crippen MR) is 114 cm³/mol. The number of carboxylic acid groups (broad SMARTS) is 1. The van der Waals surface area contributed by atoms with E-state index < -0.39 is 23.8 Å². The van der Waals surface area contributed by atoms with Gasteiger partial charge in [0.25, 0.3) is 5.88 Å². The van der Waals surface area contributed by atoms with Crippen molar-refractivity contribution in [1.29, 1.82) is 0 Å². The summed E-state index contributed by atoms with van der Waals surface area (Å²) in [6.45, 7) is 3.14. The van der Waals surface area contributed by atoms with Crippen LogP contribution >= 0.6 is 0 Å². The van der Waals surface area contributed by atoms with E-state index in [1.807, 2.05) is 0 Å². The zero-order valence-corrected chi connectivity index (χ0v) is 18.5. The van der Waals surface area contributed by atoms with Crippen LogP contribution in [0.25, 0.3) is 17.2 Å². The molecule has 16 heteroatoms. The normalized spacial score (nSPS) is 11.2. The van der Waals surface area contributed by atoms with E-state index in [4.69, 9.17) is 26.1 Å². The SMILES string of the molecule is Cc1cn2c(-c3nc(N)nc(N)n3)c(C)nc2c(OCc2c(F)cccc2F)n1.O=C(O)C(F)(F)F. The number of nitrogens with two attached hydrogens (primary N) is 2. The van der Waals surface area contributed by atoms with E-state index in [2.05, 4.69) is 24.9 Å². The highest BCUT2D eigenvalue weighted by molar-refractivity contribution is 5.73. The standard InChI is InChI=1S/C18H16F2N8O.C2HF3O2/c1-8-6-28-13(14-25-17(21)27-18(22)26-14)9(2)24-15(28)16(23-8)29-7-10-11(19)4-3-5-12(10)20;3-2(4,5)1(6)7/h3-6H,7H2,1-2H3,(H4,21,22,25,26,27);(H,6,7). The summed E-state index contributed by atoms with van der Waals surface area (Å²) in [4.78, 5) is 29.7. The van der Waals surface area contributed by atoms with E-state index in [0.29, 0.717) is 22.7 Å². The molecule has 4 rings (SSSR count). The largest absolute Gasteiger partial charge is 0.490 e. The van der Waals surface area contributed by atoms with Gasteiger partial charge in [0, 0.05) is 6.20 Å². The van der Waals surface area contributed by atoms with Gasteiger partial charge >= 0.3 is 12.1 Å². The molecule has 0 bridgehead atoms. The third-order valence-electron chi connectivity index (χ3n) is 4.41. The van der Waals surface area contributed by atoms with Crippen LogP contribution < -0.4 is 16.2 Å². The Morgan fingerprint density at radius 2 is 1.58 bits per heavy atom. The van der Waals surface area contributed by atoms with Gasteiger partial charge in [-0.15, -0.1) is 0 Å². The van der Waals surface area contributed by atoms with Crippen molar-refractivity contribution in [3.8, 4) is 17.4 Å². The number of rotatable bonds is 4. The van der Waals surface area contributed by atoms with E-state index in [9.17, 15) is 22.0 Å². The summed E-state index contributed by atoms with van der Waals surface area (Å²) in [5.41, 5.74) is 13.2. The van der Waals surface area contributed by atoms with Gasteiger partial charge in [0.1, 0.15) is 23.9 Å². The number of benzene rings is 1. The summed E-state index contributed by atoms with van der Waals surface area (Å²) < 4.78 is 66.8. The quantitative estimate of drug-likeness (QED) is 0.346. The number of imidazole rings is 1. The number of halogens is 5. The Kier molecular flexibility index (Phi) is 7.17. The first-order valence-corrected chi connectivity index (χ1v) is 9.77. The van der Waals surface area contributed by atoms with E-state index in [1.165, 1.54) is 6.07 Å². The highest BCUT2D eigenvalue weighted by atomic mass is 19.4. The van der Waals surface area contributed by atoms with E-state index in [1.54, 1.807) is 24.4 Å². The van der Waals surface area contributed by atoms with Crippen LogP contribution in [0.15, 0.2) is 24.4 Å². The molecule has 0 spiro atoms. The average molecular weight is 512 g/mol. The van der Waals surface area contributed by atoms with Gasteiger partial charge in [-0.3, -0.25) is 4.40 Å². The number of aryl methyl sites for hydroxylation is 2. The summed E-state index contributed by atoms with van der Waals surface area (Å²) in [5.74, 6) is -3.88. The lowest BCUT2D eigenvalue weighted by Gasteiger charge is -2.10. The number of hydrogen-bond acceptors (Lipinski definition) is 9. The average Bonchev–Trinajstić information content (AvgIpc) is 3.08. The van der Waals surface area contributed by atoms with Crippen LogP contribution in [0.4, 0.5) is 33.8 Å². The number of nitrogen functional groups attached to an aromatic ring is 2. The summed E-state index contributed by atoms with van der Waals surface area (Å²) in [7, 11) is 0. The Morgan fingerprint density at radius 1 is 1.03 bits per heavy atom. The molecule has 11 nitrogen and oxygen atoms in total. The van der Waals surface area contributed by atoms with Crippen molar-refractivity contribution in [3.05, 3.63) is 53.0 Å². The number of fused-ring (bicyclic) bond motifs is 1. The van der Waals surface area contributed by atoms with E-state index >= 15 is 0 Å². The third kappa shape index (κ3) is 5.70. The topological polar surface area (TPSA) is 167 Å². The first-order chi connectivity index (χ1) is 16.8. The molecule has 0 aliphatic carbocycles. The minimum Gasteiger partial charge on any atom is -0.475 e. The lowest BCUT2D eigenvalue weighted by atomic mass is 10.2. The van der Waals surface area contributed by atoms with Gasteiger partial charge in [-0.2, -0.15) is 28.1 Å². The number of aliphatic carboxylic acids is 1. The lowest BCUT2D eigenvalue weighted by molar-refractivity contribution is -0.192. The number of anilines is 2. The van der Waals surface area contributed by atoms with Gasteiger partial charge in [-0.05, 0) is 26.0 Å². The second-order valence-corrected chi connectivity index (χ2v) is 7.09. The zero-order chi connectivity index (χ0) is 26.8. The molecule has 0 unspecified atom stereocenters. The smallest absolute Gasteiger partial charge is 0.475 e. The first kappa shape index (κ1) is 26.0. The fourth-order valence-electron chi connectivity index (χ4n) is 2.94. The van der Waals surface area contributed by atoms with Crippen LogP contribution in [0.1, 0.15) is 17.0 Å². The second-order valence-electron chi connectivity index (χ2n) is 7.09. The van der Waals surface area contributed by atoms with Gasteiger partial charge in [-0.25, -0.2) is 23.5 Å². The number of carbonyl (C=O) groups is 1. The lowest BCUT2D eigenvalue weighted by Crippen LogP contribution is -2.21. The Balaban J connectivity index is 0.000000454. The summed E-state index contributed by atoms with van der Waals surface area (Å²) in [6, 6.07) is 3.61. The molecule has 0 atom stereocenters. The predicted octanol–water partition coefficient (Wildman–Crippen LogP) is 2.85. The monoisotopic (exact) mass is 512 g/mol. The summed E-state index contributed by atoms with van der Waals surface area (Å²) in [6.07, 6.45) is -3.38. The molecule has 3 aromatic heterocycles. The van der Waals surface area contributed by atoms with Crippen LogP contribution in [0, 0.1) is 25.5 Å². The number of hydrogen-bond donors (Lipinski definition) is 3. The highest BCUT2D eigenvalue weighted by Gasteiger charge is 2.38. The van der Waals surface area contributed by atoms with Crippen LogP contribution in [-0.2, 0) is 11.4 Å². The molecule has 0 aliphatic rings. The number of carboxylic acids is 1. The highest BCUT2D eigenvalue weighted by Crippen LogP contribution is 2.28. The molecule has 0 saturated carbocycles. The molecular weight excluding hydrogens is 495 g/mol. The molecule has 0 amide bonds. The van der Waals surface area contributed by atoms with Crippen LogP contribution in [-0.4, -0.2) is 46.6 Å². The Bertz CT molecular complexity index is 1400. The Morgan fingerprint density at radius 3 is 2.11 bits per heavy atom. The molecule has 36 heavy (non-hydrogen) atoms. The molecule has 5 N–H and O–H groups in total. The maximum Gasteiger partial charge on any atom is 0.490 e. The van der Waals surface area contributed by atoms with Gasteiger partial charge in [0.05, 0.1) is 17.0 Å². The van der Waals surface area contributed by atoms with Gasteiger partial charge in [0.15, 0.2) is 5.82 Å². The third-order valence-corrected chi connectivity index (χ3v) is 4.41. The number of alkyl halides is 3. The van der Waals surface area contributed by atoms with E-state index in [-0.39, 0.29) is 35.8 Å². The number of ether oxygens (including phenoxy) is 1. The minimum atomic E-state index is -5.08. The van der Waals surface area contributed by atoms with Gasteiger partial charge < -0.3 is 21.3 Å². The van der Waals surface area contributed by atoms with Crippen molar-refractivity contribution in [1.82, 2.24) is 29.3 Å². The molecule has 3 heterocycles. The molecule has 0 aliphatic heterocycles. The maximum atomic E-state index is 13.9. The van der Waals surface area contributed by atoms with Crippen molar-refractivity contribution in [2.24, 2.45) is 0 Å². The van der Waals surface area contributed by atoms with Crippen molar-refractivity contribution < 1.29 is 36.6 Å². The first-order valence-electron chi connectivity index (χ1n) is 9.77. The molecule has 0 saturated heterocycles. The molecular formula is C20H17F5N8O3. The Hall–Kier alpha value is -4.63. The van der Waals surface area contributed by atoms with Crippen LogP contribution in [0.3, 0.4) is 0 Å². The second kappa shape index (κ2) is 9.93. The fourth-order valence-corrected chi connectivity index (χ4v) is 2.94. The summed E-state index contributed by atoms with van der Waals surface area (Å²) in [5, 5.41) is 7.12. The maximum absolute atomic E-state index is 13.9. The van der Waals surface area contributed by atoms with Gasteiger partial charge in [0.2, 0.25) is 17.5 Å². The molecule has 0 fully saturated rings. The van der Waals surface area contributed by atoms with Crippen molar-refractivity contribution in [2.45, 2.75) is 26.6 Å². The van der Waals surface area contributed by atoms with Gasteiger partial charge in [-0.1, -0.05) is 6.07 Å². The van der Waals surface area contributed by atoms with Crippen molar-refractivity contribution >= 4 is 23.5 Å². The van der Waals surface area contributed by atoms with E-state index in [0.717, 1.165) is 12.1 Å². The zero-order valence-electron chi connectivity index (χ0n) is 18.5. The van der Waals surface area contributed by atoms with Crippen LogP contribution in [0.2, 0.25) is 0 Å². The molecule has 0 radical (unpaired) electrons. The fraction of sp³-hybridized carbons (Fsp3) is 0.200. The van der Waals surface area contributed by atoms with Crippen molar-refractivity contribution in [2.75, 3.05) is 11.5 Å². The molecule has 1 aromatic carbocycles. The van der Waals surface area contributed by atoms with Crippen molar-refractivity contribution in [3.63, 3.8) is 0 Å². The minimum absolute atomic E-state index is 0.0286. The Labute approximate surface area is 198 Å². The number of nitrogens with zero attached hydrogens (tertiary/aromatic N) is 6. The molecule has 190 valence electrons. The summed E-state index contributed by atoms with van der Waals surface area (Å²) >= 11 is 0. The van der Waals surface area contributed by atoms with Crippen LogP contribution in [0.5, 0.6) is 5.88 Å². The number of aromatic nitrogens is 6. The molecule has 4 aromatic rings.